The third-order valence-electron chi connectivity index (χ3n) is 6.35. The van der Waals surface area contributed by atoms with Gasteiger partial charge in [0.05, 0.1) is 29.9 Å². The molecular weight excluding hydrogens is 478 g/mol. The number of methoxy groups -OCH3 is 1. The van der Waals surface area contributed by atoms with Crippen molar-refractivity contribution in [1.29, 1.82) is 0 Å². The molecule has 1 fully saturated rings. The number of thiazole rings is 1. The topological polar surface area (TPSA) is 72.2 Å². The molecule has 0 radical (unpaired) electrons. The number of hydrogen-bond donors (Lipinski definition) is 0. The number of tetrazole rings is 1. The molecule has 0 spiro atoms. The number of hydrogen-bond acceptors (Lipinski definition) is 9. The first-order chi connectivity index (χ1) is 17.3. The van der Waals surface area contributed by atoms with Gasteiger partial charge in [0, 0.05) is 31.1 Å². The fraction of sp³-hybridized carbons (Fsp3) is 0.280. The van der Waals surface area contributed by atoms with Crippen LogP contribution in [0.25, 0.3) is 10.2 Å². The molecule has 0 saturated carbocycles. The Hall–Kier alpha value is -3.34. The smallest absolute Gasteiger partial charge is 0.186 e. The maximum absolute atomic E-state index is 5.40. The molecular formula is C25H25N7OS2. The van der Waals surface area contributed by atoms with Gasteiger partial charge in [0.25, 0.3) is 0 Å². The number of benzene rings is 2. The Balaban J connectivity index is 1.27. The van der Waals surface area contributed by atoms with Crippen molar-refractivity contribution in [2.24, 2.45) is 0 Å². The summed E-state index contributed by atoms with van der Waals surface area (Å²) in [5.74, 6) is 1.70. The summed E-state index contributed by atoms with van der Waals surface area (Å²) in [6.45, 7) is 4.24. The van der Waals surface area contributed by atoms with E-state index < -0.39 is 0 Å². The lowest BCUT2D eigenvalue weighted by atomic mass is 10.0. The SMILES string of the molecule is COc1ccc(C(c2nnnn2Cc2cccs2)N2CCN(c3nc4ccccc4s3)CC2)cc1. The zero-order valence-corrected chi connectivity index (χ0v) is 21.0. The average molecular weight is 504 g/mol. The Labute approximate surface area is 211 Å². The van der Waals surface area contributed by atoms with Crippen LogP contribution >= 0.6 is 22.7 Å². The molecule has 35 heavy (non-hydrogen) atoms. The molecule has 1 unspecified atom stereocenters. The van der Waals surface area contributed by atoms with Gasteiger partial charge in [-0.3, -0.25) is 4.90 Å². The zero-order valence-electron chi connectivity index (χ0n) is 19.3. The molecule has 1 aliphatic heterocycles. The highest BCUT2D eigenvalue weighted by Gasteiger charge is 2.31. The van der Waals surface area contributed by atoms with Crippen molar-refractivity contribution in [3.63, 3.8) is 0 Å². The van der Waals surface area contributed by atoms with Crippen LogP contribution in [0.2, 0.25) is 0 Å². The van der Waals surface area contributed by atoms with Crippen molar-refractivity contribution in [1.82, 2.24) is 30.1 Å². The number of nitrogens with zero attached hydrogens (tertiary/aromatic N) is 7. The fourth-order valence-corrected chi connectivity index (χ4v) is 6.25. The highest BCUT2D eigenvalue weighted by atomic mass is 32.1. The summed E-state index contributed by atoms with van der Waals surface area (Å²) in [5.41, 5.74) is 2.22. The lowest BCUT2D eigenvalue weighted by molar-refractivity contribution is 0.201. The third-order valence-corrected chi connectivity index (χ3v) is 8.31. The molecule has 0 N–H and O–H groups in total. The van der Waals surface area contributed by atoms with Crippen molar-refractivity contribution in [3.8, 4) is 5.75 Å². The highest BCUT2D eigenvalue weighted by molar-refractivity contribution is 7.22. The number of aromatic nitrogens is 5. The lowest BCUT2D eigenvalue weighted by Crippen LogP contribution is -2.48. The van der Waals surface area contributed by atoms with Gasteiger partial charge in [-0.2, -0.15) is 0 Å². The minimum Gasteiger partial charge on any atom is -0.497 e. The highest BCUT2D eigenvalue weighted by Crippen LogP contribution is 2.33. The molecule has 0 amide bonds. The number of thiophene rings is 1. The normalized spacial score (nSPS) is 15.5. The van der Waals surface area contributed by atoms with Gasteiger partial charge in [0.1, 0.15) is 5.75 Å². The Bertz CT molecular complexity index is 1360. The summed E-state index contributed by atoms with van der Waals surface area (Å²) in [7, 11) is 1.69. The molecule has 1 saturated heterocycles. The molecule has 2 aromatic carbocycles. The predicted molar refractivity (Wildman–Crippen MR) is 139 cm³/mol. The Morgan fingerprint density at radius 1 is 0.971 bits per heavy atom. The molecule has 5 aromatic rings. The van der Waals surface area contributed by atoms with Crippen LogP contribution in [0.5, 0.6) is 5.75 Å². The summed E-state index contributed by atoms with van der Waals surface area (Å²) in [6.07, 6.45) is 0. The van der Waals surface area contributed by atoms with Gasteiger partial charge in [0.2, 0.25) is 0 Å². The van der Waals surface area contributed by atoms with Crippen LogP contribution in [-0.2, 0) is 6.54 Å². The van der Waals surface area contributed by atoms with Gasteiger partial charge in [-0.25, -0.2) is 9.67 Å². The summed E-state index contributed by atoms with van der Waals surface area (Å²) < 4.78 is 8.56. The van der Waals surface area contributed by atoms with Gasteiger partial charge >= 0.3 is 0 Å². The molecule has 4 heterocycles. The average Bonchev–Trinajstić information content (AvgIpc) is 3.67. The predicted octanol–water partition coefficient (Wildman–Crippen LogP) is 4.31. The summed E-state index contributed by atoms with van der Waals surface area (Å²) in [4.78, 5) is 11.0. The van der Waals surface area contributed by atoms with Crippen molar-refractivity contribution in [2.45, 2.75) is 12.6 Å². The number of ether oxygens (including phenoxy) is 1. The molecule has 178 valence electrons. The van der Waals surface area contributed by atoms with E-state index in [0.29, 0.717) is 6.54 Å². The van der Waals surface area contributed by atoms with Crippen molar-refractivity contribution in [2.75, 3.05) is 38.2 Å². The van der Waals surface area contributed by atoms with E-state index >= 15 is 0 Å². The number of anilines is 1. The molecule has 1 atom stereocenters. The Morgan fingerprint density at radius 2 is 1.80 bits per heavy atom. The van der Waals surface area contributed by atoms with Crippen LogP contribution < -0.4 is 9.64 Å². The van der Waals surface area contributed by atoms with Crippen LogP contribution in [0.1, 0.15) is 22.3 Å². The first-order valence-electron chi connectivity index (χ1n) is 11.6. The largest absolute Gasteiger partial charge is 0.497 e. The first-order valence-corrected chi connectivity index (χ1v) is 13.2. The molecule has 3 aromatic heterocycles. The van der Waals surface area contributed by atoms with E-state index in [9.17, 15) is 0 Å². The van der Waals surface area contributed by atoms with Gasteiger partial charge in [-0.15, -0.1) is 16.4 Å². The molecule has 0 bridgehead atoms. The molecule has 8 nitrogen and oxygen atoms in total. The van der Waals surface area contributed by atoms with Crippen molar-refractivity contribution < 1.29 is 4.74 Å². The van der Waals surface area contributed by atoms with Crippen LogP contribution in [0.4, 0.5) is 5.13 Å². The van der Waals surface area contributed by atoms with E-state index in [2.05, 4.69) is 73.2 Å². The van der Waals surface area contributed by atoms with E-state index in [0.717, 1.165) is 54.0 Å². The standard InChI is InChI=1S/C25H25N7OS2/c1-33-19-10-8-18(9-11-19)23(24-27-28-29-32(24)17-20-5-4-16-34-20)30-12-14-31(15-13-30)25-26-21-6-2-3-7-22(21)35-25/h2-11,16,23H,12-15,17H2,1H3. The number of fused-ring (bicyclic) bond motifs is 1. The fourth-order valence-electron chi connectivity index (χ4n) is 4.55. The van der Waals surface area contributed by atoms with E-state index in [1.807, 2.05) is 22.9 Å². The van der Waals surface area contributed by atoms with Crippen molar-refractivity contribution in [3.05, 3.63) is 82.3 Å². The molecule has 1 aliphatic rings. The number of piperazine rings is 1. The van der Waals surface area contributed by atoms with Crippen molar-refractivity contribution >= 4 is 38.0 Å². The van der Waals surface area contributed by atoms with Gasteiger partial charge in [-0.05, 0) is 51.7 Å². The summed E-state index contributed by atoms with van der Waals surface area (Å²) in [6, 6.07) is 20.7. The van der Waals surface area contributed by atoms with Gasteiger partial charge in [-0.1, -0.05) is 41.7 Å². The van der Waals surface area contributed by atoms with E-state index in [1.165, 1.54) is 9.58 Å². The minimum absolute atomic E-state index is 0.0478. The summed E-state index contributed by atoms with van der Waals surface area (Å²) >= 11 is 3.48. The molecule has 10 heteroatoms. The minimum atomic E-state index is -0.0478. The zero-order chi connectivity index (χ0) is 23.6. The Morgan fingerprint density at radius 3 is 2.54 bits per heavy atom. The first kappa shape index (κ1) is 22.1. The second-order valence-corrected chi connectivity index (χ2v) is 10.5. The Kier molecular flexibility index (Phi) is 6.15. The van der Waals surface area contributed by atoms with Gasteiger partial charge < -0.3 is 9.64 Å². The van der Waals surface area contributed by atoms with Crippen LogP contribution in [0.15, 0.2) is 66.0 Å². The lowest BCUT2D eigenvalue weighted by Gasteiger charge is -2.38. The number of para-hydroxylation sites is 1. The molecule has 6 rings (SSSR count). The third kappa shape index (κ3) is 4.52. The quantitative estimate of drug-likeness (QED) is 0.328. The van der Waals surface area contributed by atoms with E-state index in [4.69, 9.17) is 9.72 Å². The summed E-state index contributed by atoms with van der Waals surface area (Å²) in [5, 5.41) is 16.1. The van der Waals surface area contributed by atoms with Crippen LogP contribution in [0, 0.1) is 0 Å². The van der Waals surface area contributed by atoms with E-state index in [-0.39, 0.29) is 6.04 Å². The number of rotatable bonds is 7. The second-order valence-electron chi connectivity index (χ2n) is 8.44. The maximum atomic E-state index is 5.40. The van der Waals surface area contributed by atoms with E-state index in [1.54, 1.807) is 29.8 Å². The van der Waals surface area contributed by atoms with Gasteiger partial charge in [0.15, 0.2) is 11.0 Å². The monoisotopic (exact) mass is 503 g/mol. The second kappa shape index (κ2) is 9.73. The maximum Gasteiger partial charge on any atom is 0.186 e. The van der Waals surface area contributed by atoms with Crippen LogP contribution in [-0.4, -0.2) is 63.4 Å². The molecule has 0 aliphatic carbocycles. The van der Waals surface area contributed by atoms with Crippen LogP contribution in [0.3, 0.4) is 0 Å².